The minimum absolute atomic E-state index is 0.0106. The molecule has 2 aliphatic rings. The third-order valence-corrected chi connectivity index (χ3v) is 4.81. The molecule has 1 saturated carbocycles. The fraction of sp³-hybridized carbons (Fsp3) is 0.500. The molecule has 0 radical (unpaired) electrons. The second-order valence-corrected chi connectivity index (χ2v) is 6.86. The molecule has 1 aromatic carbocycles. The first kappa shape index (κ1) is 15.2. The normalized spacial score (nSPS) is 20.9. The summed E-state index contributed by atoms with van der Waals surface area (Å²) in [5.74, 6) is 2.26. The van der Waals surface area contributed by atoms with E-state index in [1.165, 1.54) is 12.8 Å². The highest BCUT2D eigenvalue weighted by molar-refractivity contribution is 5.89. The number of carbonyl (C=O) groups is 1. The second-order valence-electron chi connectivity index (χ2n) is 6.86. The van der Waals surface area contributed by atoms with E-state index in [0.29, 0.717) is 5.92 Å². The first-order chi connectivity index (χ1) is 11.7. The molecule has 2 amide bonds. The Morgan fingerprint density at radius 1 is 1.29 bits per heavy atom. The molecule has 2 heterocycles. The number of aromatic amines is 1. The van der Waals surface area contributed by atoms with Crippen LogP contribution in [0, 0.1) is 6.92 Å². The van der Waals surface area contributed by atoms with E-state index in [4.69, 9.17) is 0 Å². The maximum Gasteiger partial charge on any atom is 0.322 e. The van der Waals surface area contributed by atoms with E-state index in [9.17, 15) is 4.79 Å². The van der Waals surface area contributed by atoms with Crippen molar-refractivity contribution < 1.29 is 4.79 Å². The fourth-order valence-corrected chi connectivity index (χ4v) is 3.34. The van der Waals surface area contributed by atoms with Crippen molar-refractivity contribution in [3.05, 3.63) is 41.5 Å². The van der Waals surface area contributed by atoms with Crippen LogP contribution in [-0.4, -0.2) is 32.7 Å². The second kappa shape index (κ2) is 6.26. The van der Waals surface area contributed by atoms with Crippen LogP contribution in [-0.2, 0) is 0 Å². The number of urea groups is 1. The van der Waals surface area contributed by atoms with E-state index in [-0.39, 0.29) is 12.1 Å². The number of nitrogens with zero attached hydrogens (tertiary/aromatic N) is 3. The van der Waals surface area contributed by atoms with Crippen LogP contribution in [0.5, 0.6) is 0 Å². The number of amides is 2. The van der Waals surface area contributed by atoms with Gasteiger partial charge in [0, 0.05) is 18.2 Å². The lowest BCUT2D eigenvalue weighted by molar-refractivity contribution is 0.159. The van der Waals surface area contributed by atoms with Crippen molar-refractivity contribution in [2.45, 2.75) is 51.0 Å². The number of aryl methyl sites for hydroxylation is 1. The van der Waals surface area contributed by atoms with Gasteiger partial charge in [-0.1, -0.05) is 12.1 Å². The van der Waals surface area contributed by atoms with E-state index in [0.717, 1.165) is 48.7 Å². The van der Waals surface area contributed by atoms with E-state index in [1.54, 1.807) is 0 Å². The molecule has 6 heteroatoms. The van der Waals surface area contributed by atoms with Gasteiger partial charge in [0.15, 0.2) is 5.82 Å². The minimum Gasteiger partial charge on any atom is -0.314 e. The number of anilines is 1. The van der Waals surface area contributed by atoms with Gasteiger partial charge in [-0.2, -0.15) is 5.10 Å². The van der Waals surface area contributed by atoms with Gasteiger partial charge in [0.25, 0.3) is 0 Å². The van der Waals surface area contributed by atoms with Crippen molar-refractivity contribution in [2.75, 3.05) is 11.9 Å². The maximum atomic E-state index is 12.8. The van der Waals surface area contributed by atoms with Crippen molar-refractivity contribution in [1.82, 2.24) is 20.1 Å². The Morgan fingerprint density at radius 2 is 2.17 bits per heavy atom. The highest BCUT2D eigenvalue weighted by atomic mass is 16.2. The lowest BCUT2D eigenvalue weighted by Gasteiger charge is -2.34. The summed E-state index contributed by atoms with van der Waals surface area (Å²) in [5, 5.41) is 10.4. The molecule has 6 nitrogen and oxygen atoms in total. The first-order valence-electron chi connectivity index (χ1n) is 8.77. The molecule has 2 fully saturated rings. The lowest BCUT2D eigenvalue weighted by Crippen LogP contribution is -2.41. The number of benzene rings is 1. The summed E-state index contributed by atoms with van der Waals surface area (Å²) in [6.07, 6.45) is 5.43. The molecule has 126 valence electrons. The summed E-state index contributed by atoms with van der Waals surface area (Å²) >= 11 is 0. The molecule has 24 heavy (non-hydrogen) atoms. The molecule has 0 bridgehead atoms. The number of rotatable bonds is 3. The summed E-state index contributed by atoms with van der Waals surface area (Å²) in [4.78, 5) is 19.3. The molecule has 2 aromatic rings. The zero-order chi connectivity index (χ0) is 16.5. The highest BCUT2D eigenvalue weighted by Crippen LogP contribution is 2.39. The Kier molecular flexibility index (Phi) is 3.96. The van der Waals surface area contributed by atoms with Crippen LogP contribution in [0.1, 0.15) is 61.3 Å². The summed E-state index contributed by atoms with van der Waals surface area (Å²) in [5.41, 5.74) is 1.97. The van der Waals surface area contributed by atoms with Gasteiger partial charge in [-0.15, -0.1) is 0 Å². The zero-order valence-electron chi connectivity index (χ0n) is 14.0. The maximum absolute atomic E-state index is 12.8. The van der Waals surface area contributed by atoms with Crippen LogP contribution in [0.2, 0.25) is 0 Å². The van der Waals surface area contributed by atoms with Crippen molar-refractivity contribution in [3.8, 4) is 0 Å². The van der Waals surface area contributed by atoms with Crippen LogP contribution in [0.3, 0.4) is 0 Å². The number of hydrogen-bond acceptors (Lipinski definition) is 3. The Balaban J connectivity index is 1.51. The molecule has 1 aromatic heterocycles. The van der Waals surface area contributed by atoms with Crippen LogP contribution in [0.4, 0.5) is 10.5 Å². The van der Waals surface area contributed by atoms with Gasteiger partial charge in [-0.05, 0) is 56.7 Å². The predicted octanol–water partition coefficient (Wildman–Crippen LogP) is 3.75. The number of likely N-dealkylation sites (tertiary alicyclic amines) is 1. The standard InChI is InChI=1S/C18H23N5O/c1-12-5-4-6-14(11-12)19-18(24)23-10-3-2-7-15(23)17-20-16(21-22-17)13-8-9-13/h4-6,11,13,15H,2-3,7-10H2,1H3,(H,19,24)(H,20,21,22). The van der Waals surface area contributed by atoms with Crippen LogP contribution >= 0.6 is 0 Å². The zero-order valence-corrected chi connectivity index (χ0v) is 14.0. The first-order valence-corrected chi connectivity index (χ1v) is 8.77. The summed E-state index contributed by atoms with van der Waals surface area (Å²) < 4.78 is 0. The van der Waals surface area contributed by atoms with Gasteiger partial charge in [0.2, 0.25) is 0 Å². The average Bonchev–Trinajstić information content (AvgIpc) is 3.32. The smallest absolute Gasteiger partial charge is 0.314 e. The molecule has 4 rings (SSSR count). The summed E-state index contributed by atoms with van der Waals surface area (Å²) in [7, 11) is 0. The van der Waals surface area contributed by atoms with E-state index in [1.807, 2.05) is 36.1 Å². The van der Waals surface area contributed by atoms with Gasteiger partial charge in [0.05, 0.1) is 6.04 Å². The minimum atomic E-state index is -0.0605. The highest BCUT2D eigenvalue weighted by Gasteiger charge is 2.33. The number of nitrogens with one attached hydrogen (secondary N) is 2. The molecule has 1 aliphatic carbocycles. The van der Waals surface area contributed by atoms with Gasteiger partial charge in [-0.25, -0.2) is 9.78 Å². The third-order valence-electron chi connectivity index (χ3n) is 4.81. The Labute approximate surface area is 141 Å². The Morgan fingerprint density at radius 3 is 2.96 bits per heavy atom. The summed E-state index contributed by atoms with van der Waals surface area (Å²) in [6.45, 7) is 2.77. The fourth-order valence-electron chi connectivity index (χ4n) is 3.34. The number of carbonyl (C=O) groups excluding carboxylic acids is 1. The molecule has 1 saturated heterocycles. The molecular weight excluding hydrogens is 302 g/mol. The largest absolute Gasteiger partial charge is 0.322 e. The molecule has 2 N–H and O–H groups in total. The van der Waals surface area contributed by atoms with Crippen LogP contribution in [0.15, 0.2) is 24.3 Å². The summed E-state index contributed by atoms with van der Waals surface area (Å²) in [6, 6.07) is 7.81. The third kappa shape index (κ3) is 3.13. The van der Waals surface area contributed by atoms with Gasteiger partial charge in [-0.3, -0.25) is 5.10 Å². The molecular formula is C18H23N5O. The topological polar surface area (TPSA) is 73.9 Å². The predicted molar refractivity (Wildman–Crippen MR) is 91.9 cm³/mol. The van der Waals surface area contributed by atoms with E-state index in [2.05, 4.69) is 20.5 Å². The average molecular weight is 325 g/mol. The monoisotopic (exact) mass is 325 g/mol. The Bertz CT molecular complexity index is 737. The quantitative estimate of drug-likeness (QED) is 0.902. The van der Waals surface area contributed by atoms with Crippen molar-refractivity contribution >= 4 is 11.7 Å². The van der Waals surface area contributed by atoms with Gasteiger partial charge >= 0.3 is 6.03 Å². The van der Waals surface area contributed by atoms with Crippen LogP contribution < -0.4 is 5.32 Å². The number of aromatic nitrogens is 3. The number of hydrogen-bond donors (Lipinski definition) is 2. The van der Waals surface area contributed by atoms with Gasteiger partial charge in [0.1, 0.15) is 5.82 Å². The van der Waals surface area contributed by atoms with E-state index >= 15 is 0 Å². The number of piperidine rings is 1. The Hall–Kier alpha value is -2.37. The van der Waals surface area contributed by atoms with Crippen LogP contribution in [0.25, 0.3) is 0 Å². The van der Waals surface area contributed by atoms with Crippen molar-refractivity contribution in [1.29, 1.82) is 0 Å². The molecule has 1 aliphatic heterocycles. The van der Waals surface area contributed by atoms with Crippen molar-refractivity contribution in [2.24, 2.45) is 0 Å². The molecule has 1 atom stereocenters. The molecule has 0 spiro atoms. The van der Waals surface area contributed by atoms with E-state index < -0.39 is 0 Å². The van der Waals surface area contributed by atoms with Gasteiger partial charge < -0.3 is 10.2 Å². The lowest BCUT2D eigenvalue weighted by atomic mass is 10.0. The SMILES string of the molecule is Cc1cccc(NC(=O)N2CCCCC2c2nc(C3CC3)n[nH]2)c1. The number of H-pyrrole nitrogens is 1. The van der Waals surface area contributed by atoms with Crippen molar-refractivity contribution in [3.63, 3.8) is 0 Å². The molecule has 1 unspecified atom stereocenters.